The van der Waals surface area contributed by atoms with E-state index < -0.39 is 0 Å². The fourth-order valence-corrected chi connectivity index (χ4v) is 4.36. The summed E-state index contributed by atoms with van der Waals surface area (Å²) in [5, 5.41) is 4.55. The van der Waals surface area contributed by atoms with Gasteiger partial charge in [-0.25, -0.2) is 0 Å². The standard InChI is InChI=1S/C13H26N2S/c1-3-14-13-6-7-15(9-11(13)2)10-12-5-4-8-16-12/h11-14H,3-10H2,1-2H3. The second kappa shape index (κ2) is 6.27. The van der Waals surface area contributed by atoms with Crippen LogP contribution in [-0.4, -0.2) is 48.1 Å². The third-order valence-electron chi connectivity index (χ3n) is 3.94. The molecule has 3 heteroatoms. The SMILES string of the molecule is CCNC1CCN(CC2CCCS2)CC1C. The number of nitrogens with zero attached hydrogens (tertiary/aromatic N) is 1. The minimum absolute atomic E-state index is 0.762. The Bertz CT molecular complexity index is 204. The Hall–Kier alpha value is 0.270. The number of thioether (sulfide) groups is 1. The molecular weight excluding hydrogens is 216 g/mol. The van der Waals surface area contributed by atoms with Crippen LogP contribution < -0.4 is 5.32 Å². The minimum atomic E-state index is 0.762. The van der Waals surface area contributed by atoms with Gasteiger partial charge in [0.1, 0.15) is 0 Å². The lowest BCUT2D eigenvalue weighted by Gasteiger charge is -2.38. The van der Waals surface area contributed by atoms with Crippen LogP contribution in [0.5, 0.6) is 0 Å². The Morgan fingerprint density at radius 3 is 2.88 bits per heavy atom. The maximum absolute atomic E-state index is 3.62. The molecule has 0 amide bonds. The molecule has 3 unspecified atom stereocenters. The third-order valence-corrected chi connectivity index (χ3v) is 5.32. The van der Waals surface area contributed by atoms with E-state index in [9.17, 15) is 0 Å². The molecule has 2 heterocycles. The van der Waals surface area contributed by atoms with Crippen molar-refractivity contribution in [2.75, 3.05) is 31.9 Å². The first kappa shape index (κ1) is 12.7. The Morgan fingerprint density at radius 1 is 1.38 bits per heavy atom. The van der Waals surface area contributed by atoms with Crippen LogP contribution in [0.15, 0.2) is 0 Å². The van der Waals surface area contributed by atoms with E-state index in [0.29, 0.717) is 0 Å². The van der Waals surface area contributed by atoms with Gasteiger partial charge in [-0.2, -0.15) is 11.8 Å². The number of hydrogen-bond donors (Lipinski definition) is 1. The summed E-state index contributed by atoms with van der Waals surface area (Å²) in [4.78, 5) is 2.70. The Kier molecular flexibility index (Phi) is 4.98. The Balaban J connectivity index is 1.73. The highest BCUT2D eigenvalue weighted by Gasteiger charge is 2.27. The van der Waals surface area contributed by atoms with Crippen molar-refractivity contribution in [1.82, 2.24) is 10.2 Å². The first-order valence-corrected chi connectivity index (χ1v) is 7.91. The molecule has 2 aliphatic heterocycles. The fourth-order valence-electron chi connectivity index (χ4n) is 3.04. The largest absolute Gasteiger partial charge is 0.314 e. The molecule has 2 aliphatic rings. The van der Waals surface area contributed by atoms with Crippen molar-refractivity contribution < 1.29 is 0 Å². The number of likely N-dealkylation sites (tertiary alicyclic amines) is 1. The molecule has 16 heavy (non-hydrogen) atoms. The van der Waals surface area contributed by atoms with Crippen molar-refractivity contribution in [3.63, 3.8) is 0 Å². The van der Waals surface area contributed by atoms with Gasteiger partial charge in [0, 0.05) is 24.4 Å². The molecule has 0 aliphatic carbocycles. The summed E-state index contributed by atoms with van der Waals surface area (Å²) in [6.45, 7) is 9.69. The molecule has 1 N–H and O–H groups in total. The minimum Gasteiger partial charge on any atom is -0.314 e. The van der Waals surface area contributed by atoms with Gasteiger partial charge >= 0.3 is 0 Å². The van der Waals surface area contributed by atoms with Crippen LogP contribution in [-0.2, 0) is 0 Å². The zero-order chi connectivity index (χ0) is 11.4. The van der Waals surface area contributed by atoms with Gasteiger partial charge in [0.15, 0.2) is 0 Å². The summed E-state index contributed by atoms with van der Waals surface area (Å²) in [5.74, 6) is 2.22. The van der Waals surface area contributed by atoms with Gasteiger partial charge in [-0.1, -0.05) is 13.8 Å². The molecule has 2 fully saturated rings. The molecule has 3 atom stereocenters. The summed E-state index contributed by atoms with van der Waals surface area (Å²) in [7, 11) is 0. The summed E-state index contributed by atoms with van der Waals surface area (Å²) in [5.41, 5.74) is 0. The second-order valence-electron chi connectivity index (χ2n) is 5.32. The molecule has 0 aromatic heterocycles. The topological polar surface area (TPSA) is 15.3 Å². The molecule has 2 nitrogen and oxygen atoms in total. The van der Waals surface area contributed by atoms with Crippen molar-refractivity contribution in [3.8, 4) is 0 Å². The van der Waals surface area contributed by atoms with Crippen LogP contribution in [0.25, 0.3) is 0 Å². The van der Waals surface area contributed by atoms with Crippen LogP contribution in [0.2, 0.25) is 0 Å². The van der Waals surface area contributed by atoms with E-state index in [2.05, 4.69) is 35.8 Å². The average molecular weight is 242 g/mol. The van der Waals surface area contributed by atoms with Gasteiger partial charge in [-0.3, -0.25) is 0 Å². The number of rotatable bonds is 4. The molecule has 94 valence electrons. The van der Waals surface area contributed by atoms with Gasteiger partial charge in [0.2, 0.25) is 0 Å². The normalized spacial score (nSPS) is 36.8. The lowest BCUT2D eigenvalue weighted by Crippen LogP contribution is -2.49. The zero-order valence-electron chi connectivity index (χ0n) is 10.7. The highest BCUT2D eigenvalue weighted by atomic mass is 32.2. The van der Waals surface area contributed by atoms with Crippen molar-refractivity contribution in [2.45, 2.75) is 44.4 Å². The van der Waals surface area contributed by atoms with E-state index in [-0.39, 0.29) is 0 Å². The van der Waals surface area contributed by atoms with Crippen LogP contribution in [0.1, 0.15) is 33.1 Å². The van der Waals surface area contributed by atoms with Gasteiger partial charge in [-0.15, -0.1) is 0 Å². The van der Waals surface area contributed by atoms with E-state index in [1.54, 1.807) is 0 Å². The average Bonchev–Trinajstić information content (AvgIpc) is 2.75. The zero-order valence-corrected chi connectivity index (χ0v) is 11.6. The van der Waals surface area contributed by atoms with Crippen LogP contribution in [0.4, 0.5) is 0 Å². The van der Waals surface area contributed by atoms with Crippen molar-refractivity contribution in [3.05, 3.63) is 0 Å². The van der Waals surface area contributed by atoms with E-state index in [4.69, 9.17) is 0 Å². The summed E-state index contributed by atoms with van der Waals surface area (Å²) in [6, 6.07) is 0.762. The van der Waals surface area contributed by atoms with Gasteiger partial charge in [0.25, 0.3) is 0 Å². The van der Waals surface area contributed by atoms with E-state index in [1.165, 1.54) is 44.6 Å². The molecule has 0 radical (unpaired) electrons. The second-order valence-corrected chi connectivity index (χ2v) is 6.73. The summed E-state index contributed by atoms with van der Waals surface area (Å²) < 4.78 is 0. The van der Waals surface area contributed by atoms with Gasteiger partial charge < -0.3 is 10.2 Å². The molecular formula is C13H26N2S. The molecule has 0 spiro atoms. The third kappa shape index (κ3) is 3.38. The lowest BCUT2D eigenvalue weighted by molar-refractivity contribution is 0.148. The van der Waals surface area contributed by atoms with Crippen molar-refractivity contribution in [2.24, 2.45) is 5.92 Å². The van der Waals surface area contributed by atoms with Crippen molar-refractivity contribution >= 4 is 11.8 Å². The summed E-state index contributed by atoms with van der Waals surface area (Å²) >= 11 is 2.19. The highest BCUT2D eigenvalue weighted by molar-refractivity contribution is 8.00. The Morgan fingerprint density at radius 2 is 2.25 bits per heavy atom. The Labute approximate surface area is 105 Å². The maximum atomic E-state index is 3.62. The van der Waals surface area contributed by atoms with E-state index >= 15 is 0 Å². The predicted octanol–water partition coefficient (Wildman–Crippen LogP) is 2.20. The molecule has 0 saturated carbocycles. The number of nitrogens with one attached hydrogen (secondary N) is 1. The van der Waals surface area contributed by atoms with Gasteiger partial charge in [-0.05, 0) is 44.0 Å². The molecule has 2 saturated heterocycles. The molecule has 2 rings (SSSR count). The number of hydrogen-bond acceptors (Lipinski definition) is 3. The quantitative estimate of drug-likeness (QED) is 0.814. The van der Waals surface area contributed by atoms with Crippen LogP contribution >= 0.6 is 11.8 Å². The first-order chi connectivity index (χ1) is 7.79. The number of piperidine rings is 1. The fraction of sp³-hybridized carbons (Fsp3) is 1.00. The highest BCUT2D eigenvalue weighted by Crippen LogP contribution is 2.28. The molecule has 0 aromatic carbocycles. The maximum Gasteiger partial charge on any atom is 0.0175 e. The monoisotopic (exact) mass is 242 g/mol. The molecule has 0 aromatic rings. The van der Waals surface area contributed by atoms with Crippen molar-refractivity contribution in [1.29, 1.82) is 0 Å². The van der Waals surface area contributed by atoms with Crippen LogP contribution in [0, 0.1) is 5.92 Å². The van der Waals surface area contributed by atoms with E-state index in [1.807, 2.05) is 0 Å². The van der Waals surface area contributed by atoms with Gasteiger partial charge in [0.05, 0.1) is 0 Å². The van der Waals surface area contributed by atoms with E-state index in [0.717, 1.165) is 23.8 Å². The molecule has 0 bridgehead atoms. The lowest BCUT2D eigenvalue weighted by atomic mass is 9.93. The summed E-state index contributed by atoms with van der Waals surface area (Å²) in [6.07, 6.45) is 4.23. The first-order valence-electron chi connectivity index (χ1n) is 6.87. The predicted molar refractivity (Wildman–Crippen MR) is 73.2 cm³/mol. The smallest absolute Gasteiger partial charge is 0.0175 e. The van der Waals surface area contributed by atoms with Crippen LogP contribution in [0.3, 0.4) is 0 Å².